The summed E-state index contributed by atoms with van der Waals surface area (Å²) in [6.07, 6.45) is 3.78. The van der Waals surface area contributed by atoms with Gasteiger partial charge in [-0.05, 0) is 30.5 Å². The third-order valence-electron chi connectivity index (χ3n) is 3.88. The first-order valence-corrected chi connectivity index (χ1v) is 6.52. The molecule has 4 heteroatoms. The molecule has 0 bridgehead atoms. The first kappa shape index (κ1) is 13.4. The van der Waals surface area contributed by atoms with E-state index in [2.05, 4.69) is 0 Å². The first-order chi connectivity index (χ1) is 8.57. The van der Waals surface area contributed by atoms with E-state index in [4.69, 9.17) is 16.4 Å². The van der Waals surface area contributed by atoms with Gasteiger partial charge in [0.05, 0.1) is 7.11 Å². The molecule has 98 valence electrons. The highest BCUT2D eigenvalue weighted by Gasteiger charge is 2.41. The average molecular weight is 268 g/mol. The molecule has 2 rings (SSSR count). The predicted molar refractivity (Wildman–Crippen MR) is 71.4 cm³/mol. The Morgan fingerprint density at radius 1 is 1.39 bits per heavy atom. The van der Waals surface area contributed by atoms with Gasteiger partial charge in [0.2, 0.25) is 5.91 Å². The molecule has 0 unspecified atom stereocenters. The molecule has 0 atom stereocenters. The van der Waals surface area contributed by atoms with Gasteiger partial charge in [-0.1, -0.05) is 30.2 Å². The minimum atomic E-state index is -0.0194. The Balaban J connectivity index is 2.16. The van der Waals surface area contributed by atoms with Crippen LogP contribution in [0.3, 0.4) is 0 Å². The van der Waals surface area contributed by atoms with Gasteiger partial charge in [0.25, 0.3) is 0 Å². The lowest BCUT2D eigenvalue weighted by atomic mass is 9.62. The Hall–Kier alpha value is -1.06. The number of amides is 1. The van der Waals surface area contributed by atoms with Crippen LogP contribution in [0.2, 0.25) is 5.02 Å². The molecular formula is C14H18ClNO2. The topological polar surface area (TPSA) is 29.5 Å². The van der Waals surface area contributed by atoms with Crippen LogP contribution in [0.25, 0.3) is 0 Å². The lowest BCUT2D eigenvalue weighted by Gasteiger charge is -2.42. The summed E-state index contributed by atoms with van der Waals surface area (Å²) in [5.74, 6) is 0.0205. The van der Waals surface area contributed by atoms with Crippen molar-refractivity contribution in [2.75, 3.05) is 14.2 Å². The molecule has 1 aromatic carbocycles. The Labute approximate surface area is 113 Å². The van der Waals surface area contributed by atoms with Gasteiger partial charge in [0, 0.05) is 23.9 Å². The van der Waals surface area contributed by atoms with E-state index >= 15 is 0 Å². The molecule has 1 aliphatic rings. The van der Waals surface area contributed by atoms with Crippen LogP contribution in [0, 0.1) is 0 Å². The Morgan fingerprint density at radius 2 is 2.00 bits per heavy atom. The number of benzene rings is 1. The summed E-state index contributed by atoms with van der Waals surface area (Å²) in [5.41, 5.74) is 1.19. The SMILES string of the molecule is CON(C)C(=O)CC1(c2ccc(Cl)cc2)CCC1. The van der Waals surface area contributed by atoms with Crippen molar-refractivity contribution < 1.29 is 9.63 Å². The summed E-state index contributed by atoms with van der Waals surface area (Å²) in [6.45, 7) is 0. The zero-order valence-electron chi connectivity index (χ0n) is 10.8. The fraction of sp³-hybridized carbons (Fsp3) is 0.500. The van der Waals surface area contributed by atoms with Crippen molar-refractivity contribution in [2.45, 2.75) is 31.1 Å². The minimum Gasteiger partial charge on any atom is -0.275 e. The van der Waals surface area contributed by atoms with Gasteiger partial charge >= 0.3 is 0 Å². The summed E-state index contributed by atoms with van der Waals surface area (Å²) >= 11 is 5.91. The second-order valence-electron chi connectivity index (χ2n) is 4.89. The van der Waals surface area contributed by atoms with Crippen LogP contribution >= 0.6 is 11.6 Å². The fourth-order valence-electron chi connectivity index (χ4n) is 2.48. The molecule has 0 N–H and O–H groups in total. The van der Waals surface area contributed by atoms with Gasteiger partial charge in [-0.2, -0.15) is 0 Å². The largest absolute Gasteiger partial charge is 0.275 e. The van der Waals surface area contributed by atoms with E-state index in [0.29, 0.717) is 6.42 Å². The van der Waals surface area contributed by atoms with E-state index in [9.17, 15) is 4.79 Å². The van der Waals surface area contributed by atoms with Gasteiger partial charge in [0.1, 0.15) is 0 Å². The molecule has 3 nitrogen and oxygen atoms in total. The lowest BCUT2D eigenvalue weighted by Crippen LogP contribution is -2.40. The molecule has 0 aliphatic heterocycles. The second kappa shape index (κ2) is 5.29. The van der Waals surface area contributed by atoms with E-state index in [1.165, 1.54) is 24.2 Å². The van der Waals surface area contributed by atoms with Crippen molar-refractivity contribution in [1.82, 2.24) is 5.06 Å². The molecule has 1 amide bonds. The zero-order valence-corrected chi connectivity index (χ0v) is 11.5. The van der Waals surface area contributed by atoms with Crippen LogP contribution in [0.1, 0.15) is 31.2 Å². The zero-order chi connectivity index (χ0) is 13.2. The van der Waals surface area contributed by atoms with Crippen LogP contribution in [-0.4, -0.2) is 25.1 Å². The fourth-order valence-corrected chi connectivity index (χ4v) is 2.60. The quantitative estimate of drug-likeness (QED) is 0.784. The number of hydrogen-bond acceptors (Lipinski definition) is 2. The van der Waals surface area contributed by atoms with Crippen molar-refractivity contribution in [1.29, 1.82) is 0 Å². The third-order valence-corrected chi connectivity index (χ3v) is 4.13. The molecule has 0 saturated heterocycles. The molecule has 1 saturated carbocycles. The van der Waals surface area contributed by atoms with Gasteiger partial charge in [-0.25, -0.2) is 5.06 Å². The molecule has 0 spiro atoms. The summed E-state index contributed by atoms with van der Waals surface area (Å²) in [5, 5.41) is 2.03. The summed E-state index contributed by atoms with van der Waals surface area (Å²) in [4.78, 5) is 16.9. The van der Waals surface area contributed by atoms with Crippen molar-refractivity contribution in [2.24, 2.45) is 0 Å². The molecule has 0 radical (unpaired) electrons. The average Bonchev–Trinajstić information content (AvgIpc) is 2.33. The van der Waals surface area contributed by atoms with Crippen molar-refractivity contribution in [3.63, 3.8) is 0 Å². The summed E-state index contributed by atoms with van der Waals surface area (Å²) in [7, 11) is 3.16. The molecule has 1 aliphatic carbocycles. The molecule has 0 aromatic heterocycles. The van der Waals surface area contributed by atoms with E-state index in [1.807, 2.05) is 24.3 Å². The number of halogens is 1. The number of carbonyl (C=O) groups excluding carboxylic acids is 1. The van der Waals surface area contributed by atoms with Crippen molar-refractivity contribution >= 4 is 17.5 Å². The van der Waals surface area contributed by atoms with Crippen LogP contribution < -0.4 is 0 Å². The van der Waals surface area contributed by atoms with E-state index < -0.39 is 0 Å². The Bertz CT molecular complexity index is 426. The van der Waals surface area contributed by atoms with Crippen LogP contribution in [-0.2, 0) is 15.0 Å². The minimum absolute atomic E-state index is 0.0194. The highest BCUT2D eigenvalue weighted by atomic mass is 35.5. The number of hydroxylamine groups is 2. The maximum atomic E-state index is 12.0. The standard InChI is InChI=1S/C14H18ClNO2/c1-16(18-2)13(17)10-14(8-3-9-14)11-4-6-12(15)7-5-11/h4-7H,3,8-10H2,1-2H3. The first-order valence-electron chi connectivity index (χ1n) is 6.14. The molecule has 18 heavy (non-hydrogen) atoms. The monoisotopic (exact) mass is 267 g/mol. The number of carbonyl (C=O) groups is 1. The smallest absolute Gasteiger partial charge is 0.246 e. The van der Waals surface area contributed by atoms with Crippen molar-refractivity contribution in [3.8, 4) is 0 Å². The van der Waals surface area contributed by atoms with E-state index in [-0.39, 0.29) is 11.3 Å². The maximum Gasteiger partial charge on any atom is 0.246 e. The summed E-state index contributed by atoms with van der Waals surface area (Å²) in [6, 6.07) is 7.84. The van der Waals surface area contributed by atoms with Gasteiger partial charge in [-0.3, -0.25) is 9.63 Å². The number of rotatable bonds is 4. The van der Waals surface area contributed by atoms with Gasteiger partial charge in [0.15, 0.2) is 0 Å². The lowest BCUT2D eigenvalue weighted by molar-refractivity contribution is -0.171. The molecule has 1 fully saturated rings. The van der Waals surface area contributed by atoms with Crippen LogP contribution in [0.4, 0.5) is 0 Å². The van der Waals surface area contributed by atoms with Crippen molar-refractivity contribution in [3.05, 3.63) is 34.9 Å². The number of hydrogen-bond donors (Lipinski definition) is 0. The van der Waals surface area contributed by atoms with Crippen LogP contribution in [0.15, 0.2) is 24.3 Å². The highest BCUT2D eigenvalue weighted by molar-refractivity contribution is 6.30. The molecule has 0 heterocycles. The maximum absolute atomic E-state index is 12.0. The molecule has 1 aromatic rings. The normalized spacial score (nSPS) is 17.1. The Morgan fingerprint density at radius 3 is 2.44 bits per heavy atom. The highest BCUT2D eigenvalue weighted by Crippen LogP contribution is 2.46. The van der Waals surface area contributed by atoms with Gasteiger partial charge < -0.3 is 0 Å². The van der Waals surface area contributed by atoms with Crippen LogP contribution in [0.5, 0.6) is 0 Å². The third kappa shape index (κ3) is 2.52. The second-order valence-corrected chi connectivity index (χ2v) is 5.33. The summed E-state index contributed by atoms with van der Waals surface area (Å²) < 4.78 is 0. The Kier molecular flexibility index (Phi) is 3.93. The van der Waals surface area contributed by atoms with E-state index in [1.54, 1.807) is 7.05 Å². The molecular weight excluding hydrogens is 250 g/mol. The predicted octanol–water partition coefficient (Wildman–Crippen LogP) is 3.17. The van der Waals surface area contributed by atoms with Gasteiger partial charge in [-0.15, -0.1) is 0 Å². The van der Waals surface area contributed by atoms with E-state index in [0.717, 1.165) is 17.9 Å². The number of nitrogens with zero attached hydrogens (tertiary/aromatic N) is 1.